The highest BCUT2D eigenvalue weighted by molar-refractivity contribution is 6.30. The van der Waals surface area contributed by atoms with Gasteiger partial charge in [-0.25, -0.2) is 9.78 Å². The van der Waals surface area contributed by atoms with Crippen LogP contribution < -0.4 is 0 Å². The number of H-pyrrole nitrogens is 1. The summed E-state index contributed by atoms with van der Waals surface area (Å²) < 4.78 is 0. The first-order valence-corrected chi connectivity index (χ1v) is 6.42. The molecule has 1 aromatic heterocycles. The Labute approximate surface area is 120 Å². The fourth-order valence-electron chi connectivity index (χ4n) is 2.21. The molecule has 0 atom stereocenters. The van der Waals surface area contributed by atoms with Gasteiger partial charge in [0.15, 0.2) is 0 Å². The summed E-state index contributed by atoms with van der Waals surface area (Å²) in [6.45, 7) is 1.95. The fraction of sp³-hybridized carbons (Fsp3) is 0.0667. The molecule has 0 unspecified atom stereocenters. The van der Waals surface area contributed by atoms with Crippen molar-refractivity contribution in [2.75, 3.05) is 0 Å². The number of fused-ring (bicyclic) bond motifs is 1. The second kappa shape index (κ2) is 4.65. The Morgan fingerprint density at radius 3 is 2.80 bits per heavy atom. The van der Waals surface area contributed by atoms with Gasteiger partial charge in [-0.05, 0) is 42.8 Å². The number of aryl methyl sites for hydroxylation is 1. The van der Waals surface area contributed by atoms with Crippen molar-refractivity contribution >= 4 is 28.6 Å². The number of nitrogens with zero attached hydrogens (tertiary/aromatic N) is 1. The number of hydrogen-bond donors (Lipinski definition) is 2. The van der Waals surface area contributed by atoms with Gasteiger partial charge in [-0.2, -0.15) is 0 Å². The second-order valence-corrected chi connectivity index (χ2v) is 5.05. The summed E-state index contributed by atoms with van der Waals surface area (Å²) in [5.74, 6) is -0.379. The van der Waals surface area contributed by atoms with Crippen molar-refractivity contribution in [3.8, 4) is 11.4 Å². The van der Waals surface area contributed by atoms with Crippen molar-refractivity contribution in [2.45, 2.75) is 6.92 Å². The molecular weight excluding hydrogens is 276 g/mol. The van der Waals surface area contributed by atoms with E-state index in [0.29, 0.717) is 21.9 Å². The van der Waals surface area contributed by atoms with Crippen molar-refractivity contribution < 1.29 is 9.90 Å². The number of carboxylic acids is 1. The first kappa shape index (κ1) is 12.7. The van der Waals surface area contributed by atoms with Gasteiger partial charge < -0.3 is 10.1 Å². The Kier molecular flexibility index (Phi) is 2.95. The molecule has 0 amide bonds. The number of rotatable bonds is 2. The number of carboxylic acid groups (broad SMARTS) is 1. The highest BCUT2D eigenvalue weighted by Crippen LogP contribution is 2.26. The minimum atomic E-state index is -0.990. The number of aromatic amines is 1. The molecule has 0 fully saturated rings. The van der Waals surface area contributed by atoms with Crippen molar-refractivity contribution in [2.24, 2.45) is 0 Å². The van der Waals surface area contributed by atoms with E-state index >= 15 is 0 Å². The van der Waals surface area contributed by atoms with Crippen LogP contribution in [-0.4, -0.2) is 21.0 Å². The largest absolute Gasteiger partial charge is 0.478 e. The third-order valence-electron chi connectivity index (χ3n) is 3.06. The summed E-state index contributed by atoms with van der Waals surface area (Å²) in [5, 5.41) is 9.80. The first-order valence-electron chi connectivity index (χ1n) is 6.04. The van der Waals surface area contributed by atoms with E-state index in [2.05, 4.69) is 9.97 Å². The Hall–Kier alpha value is -2.33. The molecule has 0 bridgehead atoms. The highest BCUT2D eigenvalue weighted by Gasteiger charge is 2.13. The van der Waals surface area contributed by atoms with Gasteiger partial charge in [0.05, 0.1) is 11.1 Å². The zero-order valence-corrected chi connectivity index (χ0v) is 11.4. The van der Waals surface area contributed by atoms with Gasteiger partial charge in [0.2, 0.25) is 0 Å². The predicted octanol–water partition coefficient (Wildman–Crippen LogP) is 3.89. The van der Waals surface area contributed by atoms with E-state index in [-0.39, 0.29) is 5.56 Å². The van der Waals surface area contributed by atoms with Gasteiger partial charge in [-0.15, -0.1) is 0 Å². The summed E-state index contributed by atoms with van der Waals surface area (Å²) in [7, 11) is 0. The molecule has 3 rings (SSSR count). The molecule has 5 heteroatoms. The lowest BCUT2D eigenvalue weighted by atomic mass is 10.1. The smallest absolute Gasteiger partial charge is 0.337 e. The normalized spacial score (nSPS) is 10.9. The molecule has 3 aromatic rings. The molecule has 2 N–H and O–H groups in total. The number of benzene rings is 2. The molecule has 0 radical (unpaired) electrons. The van der Waals surface area contributed by atoms with Gasteiger partial charge in [0.25, 0.3) is 0 Å². The minimum Gasteiger partial charge on any atom is -0.478 e. The average Bonchev–Trinajstić information content (AvgIpc) is 2.80. The van der Waals surface area contributed by atoms with Crippen LogP contribution in [0.1, 0.15) is 15.9 Å². The zero-order chi connectivity index (χ0) is 14.3. The van der Waals surface area contributed by atoms with Crippen LogP contribution in [0, 0.1) is 6.92 Å². The first-order chi connectivity index (χ1) is 9.54. The van der Waals surface area contributed by atoms with E-state index in [1.165, 1.54) is 0 Å². The topological polar surface area (TPSA) is 66.0 Å². The van der Waals surface area contributed by atoms with Crippen molar-refractivity contribution in [1.29, 1.82) is 0 Å². The molecule has 4 nitrogen and oxygen atoms in total. The van der Waals surface area contributed by atoms with Gasteiger partial charge >= 0.3 is 5.97 Å². The summed E-state index contributed by atoms with van der Waals surface area (Å²) >= 11 is 6.04. The molecule has 0 aliphatic heterocycles. The Balaban J connectivity index is 2.23. The molecule has 0 spiro atoms. The number of para-hydroxylation sites is 1. The van der Waals surface area contributed by atoms with Crippen LogP contribution in [0.5, 0.6) is 0 Å². The van der Waals surface area contributed by atoms with Crippen LogP contribution in [0.2, 0.25) is 5.02 Å². The Morgan fingerprint density at radius 2 is 2.10 bits per heavy atom. The Bertz CT molecular complexity index is 804. The van der Waals surface area contributed by atoms with E-state index in [0.717, 1.165) is 11.1 Å². The maximum Gasteiger partial charge on any atom is 0.337 e. The number of imidazole rings is 1. The molecule has 100 valence electrons. The maximum atomic E-state index is 11.2. The van der Waals surface area contributed by atoms with Crippen LogP contribution in [-0.2, 0) is 0 Å². The standard InChI is InChI=1S/C15H11ClN2O2/c1-8-5-9(7-10(16)6-8)14-17-12-4-2-3-11(15(19)20)13(12)18-14/h2-7H,1H3,(H,17,18)(H,19,20). The molecule has 0 aliphatic rings. The number of aromatic carboxylic acids is 1. The number of hydrogen-bond acceptors (Lipinski definition) is 2. The van der Waals surface area contributed by atoms with Crippen molar-refractivity contribution in [3.05, 3.63) is 52.5 Å². The predicted molar refractivity (Wildman–Crippen MR) is 78.2 cm³/mol. The van der Waals surface area contributed by atoms with Crippen LogP contribution in [0.3, 0.4) is 0 Å². The number of nitrogens with one attached hydrogen (secondary N) is 1. The minimum absolute atomic E-state index is 0.184. The lowest BCUT2D eigenvalue weighted by Gasteiger charge is -2.00. The second-order valence-electron chi connectivity index (χ2n) is 4.61. The van der Waals surface area contributed by atoms with Crippen molar-refractivity contribution in [1.82, 2.24) is 9.97 Å². The summed E-state index contributed by atoms with van der Waals surface area (Å²) in [5.41, 5.74) is 3.18. The molecule has 0 saturated carbocycles. The van der Waals surface area contributed by atoms with Gasteiger partial charge in [-0.3, -0.25) is 0 Å². The summed E-state index contributed by atoms with van der Waals surface area (Å²) in [4.78, 5) is 18.7. The monoisotopic (exact) mass is 286 g/mol. The number of carbonyl (C=O) groups is 1. The van der Waals surface area contributed by atoms with Crippen molar-refractivity contribution in [3.63, 3.8) is 0 Å². The van der Waals surface area contributed by atoms with Gasteiger partial charge in [0, 0.05) is 10.6 Å². The van der Waals surface area contributed by atoms with Crippen LogP contribution in [0.15, 0.2) is 36.4 Å². The third-order valence-corrected chi connectivity index (χ3v) is 3.28. The van der Waals surface area contributed by atoms with Gasteiger partial charge in [0.1, 0.15) is 11.3 Å². The number of halogens is 1. The maximum absolute atomic E-state index is 11.2. The summed E-state index contributed by atoms with van der Waals surface area (Å²) in [6.07, 6.45) is 0. The lowest BCUT2D eigenvalue weighted by Crippen LogP contribution is -1.96. The molecule has 2 aromatic carbocycles. The van der Waals surface area contributed by atoms with E-state index in [4.69, 9.17) is 11.6 Å². The SMILES string of the molecule is Cc1cc(Cl)cc(-c2nc3c(C(=O)O)cccc3[nH]2)c1. The summed E-state index contributed by atoms with van der Waals surface area (Å²) in [6, 6.07) is 10.6. The van der Waals surface area contributed by atoms with E-state index in [9.17, 15) is 9.90 Å². The Morgan fingerprint density at radius 1 is 1.30 bits per heavy atom. The quantitative estimate of drug-likeness (QED) is 0.751. The number of aromatic nitrogens is 2. The zero-order valence-electron chi connectivity index (χ0n) is 10.6. The fourth-order valence-corrected chi connectivity index (χ4v) is 2.50. The molecular formula is C15H11ClN2O2. The van der Waals surface area contributed by atoms with E-state index < -0.39 is 5.97 Å². The highest BCUT2D eigenvalue weighted by atomic mass is 35.5. The molecule has 0 saturated heterocycles. The van der Waals surface area contributed by atoms with Gasteiger partial charge in [-0.1, -0.05) is 17.7 Å². The average molecular weight is 287 g/mol. The molecule has 1 heterocycles. The van der Waals surface area contributed by atoms with Crippen LogP contribution >= 0.6 is 11.6 Å². The van der Waals surface area contributed by atoms with Crippen LogP contribution in [0.25, 0.3) is 22.4 Å². The van der Waals surface area contributed by atoms with E-state index in [1.54, 1.807) is 24.3 Å². The third kappa shape index (κ3) is 2.14. The van der Waals surface area contributed by atoms with Crippen LogP contribution in [0.4, 0.5) is 0 Å². The molecule has 20 heavy (non-hydrogen) atoms. The lowest BCUT2D eigenvalue weighted by molar-refractivity contribution is 0.0699. The van der Waals surface area contributed by atoms with E-state index in [1.807, 2.05) is 19.1 Å². The molecule has 0 aliphatic carbocycles.